The van der Waals surface area contributed by atoms with Gasteiger partial charge < -0.3 is 16.0 Å². The summed E-state index contributed by atoms with van der Waals surface area (Å²) < 4.78 is 0. The van der Waals surface area contributed by atoms with Gasteiger partial charge in [0.15, 0.2) is 0 Å². The summed E-state index contributed by atoms with van der Waals surface area (Å²) in [5.74, 6) is -0.134. The van der Waals surface area contributed by atoms with Gasteiger partial charge in [-0.2, -0.15) is 5.10 Å². The summed E-state index contributed by atoms with van der Waals surface area (Å²) in [4.78, 5) is 15.1. The average Bonchev–Trinajstić information content (AvgIpc) is 3.04. The number of aromatic nitrogens is 3. The molecule has 0 fully saturated rings. The zero-order valence-electron chi connectivity index (χ0n) is 10.1. The van der Waals surface area contributed by atoms with E-state index < -0.39 is 0 Å². The SMILES string of the molecule is Nc1ccc2c(C(=O)NCc3ccn[nH]3)c[nH]c2c1. The van der Waals surface area contributed by atoms with Gasteiger partial charge >= 0.3 is 0 Å². The lowest BCUT2D eigenvalue weighted by atomic mass is 10.1. The molecule has 5 N–H and O–H groups in total. The van der Waals surface area contributed by atoms with E-state index in [0.717, 1.165) is 16.6 Å². The molecule has 0 radical (unpaired) electrons. The summed E-state index contributed by atoms with van der Waals surface area (Å²) in [7, 11) is 0. The standard InChI is InChI=1S/C13H13N5O/c14-8-1-2-10-11(7-15-12(10)5-8)13(19)16-6-9-3-4-17-18-9/h1-5,7,15H,6,14H2,(H,16,19)(H,17,18). The van der Waals surface area contributed by atoms with E-state index in [0.29, 0.717) is 17.8 Å². The number of H-pyrrole nitrogens is 2. The predicted octanol–water partition coefficient (Wildman–Crippen LogP) is 1.40. The van der Waals surface area contributed by atoms with Crippen molar-refractivity contribution >= 4 is 22.5 Å². The van der Waals surface area contributed by atoms with E-state index >= 15 is 0 Å². The van der Waals surface area contributed by atoms with Crippen molar-refractivity contribution in [3.8, 4) is 0 Å². The van der Waals surface area contributed by atoms with Gasteiger partial charge in [-0.15, -0.1) is 0 Å². The number of hydrogen-bond donors (Lipinski definition) is 4. The van der Waals surface area contributed by atoms with Crippen LogP contribution in [0.3, 0.4) is 0 Å². The summed E-state index contributed by atoms with van der Waals surface area (Å²) in [5, 5.41) is 10.3. The van der Waals surface area contributed by atoms with Crippen molar-refractivity contribution in [3.05, 3.63) is 47.9 Å². The molecular formula is C13H13N5O. The molecule has 0 unspecified atom stereocenters. The quantitative estimate of drug-likeness (QED) is 0.532. The topological polar surface area (TPSA) is 99.6 Å². The maximum Gasteiger partial charge on any atom is 0.253 e. The third-order valence-electron chi connectivity index (χ3n) is 2.95. The summed E-state index contributed by atoms with van der Waals surface area (Å²) >= 11 is 0. The van der Waals surface area contributed by atoms with Crippen LogP contribution in [0, 0.1) is 0 Å². The molecule has 0 aliphatic heterocycles. The summed E-state index contributed by atoms with van der Waals surface area (Å²) in [6.45, 7) is 0.417. The molecule has 1 amide bonds. The lowest BCUT2D eigenvalue weighted by Crippen LogP contribution is -2.22. The molecule has 0 atom stereocenters. The first-order valence-electron chi connectivity index (χ1n) is 5.87. The monoisotopic (exact) mass is 255 g/mol. The first-order chi connectivity index (χ1) is 9.24. The molecule has 96 valence electrons. The van der Waals surface area contributed by atoms with Crippen LogP contribution in [0.15, 0.2) is 36.7 Å². The highest BCUT2D eigenvalue weighted by molar-refractivity contribution is 6.07. The zero-order chi connectivity index (χ0) is 13.2. The fourth-order valence-electron chi connectivity index (χ4n) is 1.99. The molecule has 3 rings (SSSR count). The van der Waals surface area contributed by atoms with Gasteiger partial charge in [0.25, 0.3) is 5.91 Å². The second-order valence-corrected chi connectivity index (χ2v) is 4.27. The molecule has 2 aromatic heterocycles. The molecule has 6 nitrogen and oxygen atoms in total. The molecule has 6 heteroatoms. The van der Waals surface area contributed by atoms with Gasteiger partial charge in [-0.25, -0.2) is 0 Å². The summed E-state index contributed by atoms with van der Waals surface area (Å²) in [5.41, 5.74) is 8.68. The van der Waals surface area contributed by atoms with Crippen molar-refractivity contribution in [3.63, 3.8) is 0 Å². The van der Waals surface area contributed by atoms with E-state index in [1.54, 1.807) is 24.5 Å². The first kappa shape index (κ1) is 11.3. The van der Waals surface area contributed by atoms with Gasteiger partial charge in [-0.05, 0) is 24.3 Å². The van der Waals surface area contributed by atoms with Gasteiger partial charge in [0.05, 0.1) is 17.8 Å². The van der Waals surface area contributed by atoms with Crippen molar-refractivity contribution in [1.29, 1.82) is 0 Å². The highest BCUT2D eigenvalue weighted by Crippen LogP contribution is 2.20. The Morgan fingerprint density at radius 1 is 1.37 bits per heavy atom. The van der Waals surface area contributed by atoms with Crippen molar-refractivity contribution in [2.24, 2.45) is 0 Å². The van der Waals surface area contributed by atoms with Crippen LogP contribution in [0.2, 0.25) is 0 Å². The first-order valence-corrected chi connectivity index (χ1v) is 5.87. The minimum atomic E-state index is -0.134. The molecular weight excluding hydrogens is 242 g/mol. The van der Waals surface area contributed by atoms with Crippen LogP contribution in [-0.2, 0) is 6.54 Å². The maximum absolute atomic E-state index is 12.1. The molecule has 2 heterocycles. The number of aromatic amines is 2. The maximum atomic E-state index is 12.1. The van der Waals surface area contributed by atoms with Gasteiger partial charge in [-0.1, -0.05) is 0 Å². The Morgan fingerprint density at radius 3 is 3.05 bits per heavy atom. The molecule has 0 aliphatic rings. The molecule has 1 aromatic carbocycles. The van der Waals surface area contributed by atoms with E-state index in [1.165, 1.54) is 0 Å². The Hall–Kier alpha value is -2.76. The number of fused-ring (bicyclic) bond motifs is 1. The fourth-order valence-corrected chi connectivity index (χ4v) is 1.99. The highest BCUT2D eigenvalue weighted by Gasteiger charge is 2.11. The zero-order valence-corrected chi connectivity index (χ0v) is 10.1. The summed E-state index contributed by atoms with van der Waals surface area (Å²) in [6.07, 6.45) is 3.34. The number of nitrogen functional groups attached to an aromatic ring is 1. The molecule has 0 spiro atoms. The van der Waals surface area contributed by atoms with E-state index in [9.17, 15) is 4.79 Å². The largest absolute Gasteiger partial charge is 0.399 e. The van der Waals surface area contributed by atoms with Crippen LogP contribution < -0.4 is 11.1 Å². The number of nitrogens with zero attached hydrogens (tertiary/aromatic N) is 1. The van der Waals surface area contributed by atoms with Gasteiger partial charge in [-0.3, -0.25) is 9.89 Å². The number of nitrogens with two attached hydrogens (primary N) is 1. The van der Waals surface area contributed by atoms with Crippen molar-refractivity contribution in [2.45, 2.75) is 6.54 Å². The van der Waals surface area contributed by atoms with Crippen molar-refractivity contribution < 1.29 is 4.79 Å². The lowest BCUT2D eigenvalue weighted by molar-refractivity contribution is 0.0952. The van der Waals surface area contributed by atoms with Crippen molar-refractivity contribution in [1.82, 2.24) is 20.5 Å². The van der Waals surface area contributed by atoms with Crippen LogP contribution in [-0.4, -0.2) is 21.1 Å². The smallest absolute Gasteiger partial charge is 0.253 e. The molecule has 0 saturated carbocycles. The number of benzene rings is 1. The fraction of sp³-hybridized carbons (Fsp3) is 0.0769. The summed E-state index contributed by atoms with van der Waals surface area (Å²) in [6, 6.07) is 7.24. The van der Waals surface area contributed by atoms with E-state index in [1.807, 2.05) is 12.1 Å². The Labute approximate surface area is 109 Å². The Bertz CT molecular complexity index is 714. The van der Waals surface area contributed by atoms with E-state index in [2.05, 4.69) is 20.5 Å². The predicted molar refractivity (Wildman–Crippen MR) is 72.5 cm³/mol. The molecule has 0 aliphatic carbocycles. The third kappa shape index (κ3) is 2.15. The number of carbonyl (C=O) groups is 1. The number of rotatable bonds is 3. The number of anilines is 1. The number of carbonyl (C=O) groups excluding carboxylic acids is 1. The van der Waals surface area contributed by atoms with Crippen LogP contribution in [0.4, 0.5) is 5.69 Å². The van der Waals surface area contributed by atoms with E-state index in [-0.39, 0.29) is 5.91 Å². The van der Waals surface area contributed by atoms with E-state index in [4.69, 9.17) is 5.73 Å². The average molecular weight is 255 g/mol. The second kappa shape index (κ2) is 4.49. The molecule has 19 heavy (non-hydrogen) atoms. The van der Waals surface area contributed by atoms with Crippen LogP contribution in [0.1, 0.15) is 16.1 Å². The molecule has 0 bridgehead atoms. The minimum absolute atomic E-state index is 0.134. The minimum Gasteiger partial charge on any atom is -0.399 e. The molecule has 0 saturated heterocycles. The highest BCUT2D eigenvalue weighted by atomic mass is 16.1. The molecule has 3 aromatic rings. The lowest BCUT2D eigenvalue weighted by Gasteiger charge is -2.02. The second-order valence-electron chi connectivity index (χ2n) is 4.27. The van der Waals surface area contributed by atoms with Crippen LogP contribution in [0.5, 0.6) is 0 Å². The van der Waals surface area contributed by atoms with Crippen molar-refractivity contribution in [2.75, 3.05) is 5.73 Å². The van der Waals surface area contributed by atoms with Gasteiger partial charge in [0.2, 0.25) is 0 Å². The third-order valence-corrected chi connectivity index (χ3v) is 2.95. The van der Waals surface area contributed by atoms with Crippen LogP contribution in [0.25, 0.3) is 10.9 Å². The van der Waals surface area contributed by atoms with Gasteiger partial charge in [0, 0.05) is 29.0 Å². The number of nitrogens with one attached hydrogen (secondary N) is 3. The number of hydrogen-bond acceptors (Lipinski definition) is 3. The van der Waals surface area contributed by atoms with Crippen LogP contribution >= 0.6 is 0 Å². The normalized spacial score (nSPS) is 10.7. The Kier molecular flexibility index (Phi) is 2.68. The Balaban J connectivity index is 1.81. The number of amides is 1. The Morgan fingerprint density at radius 2 is 2.26 bits per heavy atom. The van der Waals surface area contributed by atoms with Gasteiger partial charge in [0.1, 0.15) is 0 Å².